The molecule has 26 heavy (non-hydrogen) atoms. The van der Waals surface area contributed by atoms with Gasteiger partial charge in [0.2, 0.25) is 0 Å². The summed E-state index contributed by atoms with van der Waals surface area (Å²) in [6.45, 7) is 4.88. The van der Waals surface area contributed by atoms with Crippen molar-refractivity contribution >= 4 is 11.0 Å². The molecule has 4 nitrogen and oxygen atoms in total. The third-order valence-corrected chi connectivity index (χ3v) is 4.70. The minimum absolute atomic E-state index is 0.827. The van der Waals surface area contributed by atoms with E-state index in [4.69, 9.17) is 9.15 Å². The maximum Gasteiger partial charge on any atom is 0.135 e. The standard InChI is InChI=1S/C22H28N2O2/c1-16-22(17-9-7-6-8-10-17)19-14-20(25-5)18(13-21(19)26-16)15-24(4)12-11-23(2)3/h6-10,13-14H,11-12,15H2,1-5H3. The van der Waals surface area contributed by atoms with Crippen LogP contribution in [-0.2, 0) is 6.54 Å². The van der Waals surface area contributed by atoms with Crippen LogP contribution in [0.4, 0.5) is 0 Å². The highest BCUT2D eigenvalue weighted by Gasteiger charge is 2.17. The molecule has 0 amide bonds. The first-order chi connectivity index (χ1) is 12.5. The van der Waals surface area contributed by atoms with Gasteiger partial charge in [-0.15, -0.1) is 0 Å². The van der Waals surface area contributed by atoms with Gasteiger partial charge in [0, 0.05) is 36.1 Å². The number of aryl methyl sites for hydroxylation is 1. The predicted octanol–water partition coefficient (Wildman–Crippen LogP) is 4.41. The van der Waals surface area contributed by atoms with E-state index in [1.165, 1.54) is 5.56 Å². The van der Waals surface area contributed by atoms with E-state index >= 15 is 0 Å². The van der Waals surface area contributed by atoms with Crippen molar-refractivity contribution in [3.05, 3.63) is 53.8 Å². The van der Waals surface area contributed by atoms with Crippen LogP contribution in [0.1, 0.15) is 11.3 Å². The summed E-state index contributed by atoms with van der Waals surface area (Å²) in [7, 11) is 8.06. The summed E-state index contributed by atoms with van der Waals surface area (Å²) < 4.78 is 11.8. The lowest BCUT2D eigenvalue weighted by molar-refractivity contribution is 0.272. The molecule has 0 bridgehead atoms. The predicted molar refractivity (Wildman–Crippen MR) is 108 cm³/mol. The molecule has 0 aliphatic rings. The molecule has 138 valence electrons. The molecule has 0 fully saturated rings. The number of benzene rings is 2. The summed E-state index contributed by atoms with van der Waals surface area (Å²) in [6, 6.07) is 14.6. The normalized spacial score (nSPS) is 11.7. The second-order valence-corrected chi connectivity index (χ2v) is 7.10. The van der Waals surface area contributed by atoms with Crippen molar-refractivity contribution in [1.29, 1.82) is 0 Å². The second-order valence-electron chi connectivity index (χ2n) is 7.10. The number of methoxy groups -OCH3 is 1. The number of furan rings is 1. The van der Waals surface area contributed by atoms with Gasteiger partial charge in [-0.2, -0.15) is 0 Å². The average molecular weight is 352 g/mol. The maximum absolute atomic E-state index is 6.09. The van der Waals surface area contributed by atoms with Gasteiger partial charge in [0.1, 0.15) is 17.1 Å². The van der Waals surface area contributed by atoms with Crippen LogP contribution in [-0.4, -0.2) is 51.1 Å². The van der Waals surface area contributed by atoms with Gasteiger partial charge in [-0.25, -0.2) is 0 Å². The van der Waals surface area contributed by atoms with Crippen LogP contribution in [0, 0.1) is 6.92 Å². The number of hydrogen-bond acceptors (Lipinski definition) is 4. The lowest BCUT2D eigenvalue weighted by atomic mass is 10.0. The molecule has 0 N–H and O–H groups in total. The summed E-state index contributed by atoms with van der Waals surface area (Å²) in [5.74, 6) is 1.85. The first-order valence-corrected chi connectivity index (χ1v) is 8.98. The molecule has 0 atom stereocenters. The molecule has 1 aromatic heterocycles. The summed E-state index contributed by atoms with van der Waals surface area (Å²) >= 11 is 0. The molecule has 0 unspecified atom stereocenters. The Kier molecular flexibility index (Phi) is 5.64. The lowest BCUT2D eigenvalue weighted by Gasteiger charge is -2.20. The molecule has 1 heterocycles. The van der Waals surface area contributed by atoms with Gasteiger partial charge in [0.15, 0.2) is 0 Å². The highest BCUT2D eigenvalue weighted by atomic mass is 16.5. The molecule has 3 aromatic rings. The van der Waals surface area contributed by atoms with Gasteiger partial charge in [-0.3, -0.25) is 0 Å². The Balaban J connectivity index is 1.97. The smallest absolute Gasteiger partial charge is 0.135 e. The third-order valence-electron chi connectivity index (χ3n) is 4.70. The fourth-order valence-corrected chi connectivity index (χ4v) is 3.31. The van der Waals surface area contributed by atoms with Crippen LogP contribution in [0.5, 0.6) is 5.75 Å². The number of rotatable bonds is 7. The molecule has 0 saturated heterocycles. The largest absolute Gasteiger partial charge is 0.496 e. The van der Waals surface area contributed by atoms with Crippen LogP contribution in [0.2, 0.25) is 0 Å². The van der Waals surface area contributed by atoms with Gasteiger partial charge in [-0.05, 0) is 45.8 Å². The Labute approximate surface area is 156 Å². The minimum atomic E-state index is 0.827. The Hall–Kier alpha value is -2.30. The summed E-state index contributed by atoms with van der Waals surface area (Å²) in [5, 5.41) is 1.10. The molecule has 3 rings (SSSR count). The van der Waals surface area contributed by atoms with E-state index in [-0.39, 0.29) is 0 Å². The Bertz CT molecular complexity index is 869. The third kappa shape index (κ3) is 3.92. The van der Waals surface area contributed by atoms with E-state index in [1.807, 2.05) is 13.0 Å². The van der Waals surface area contributed by atoms with Gasteiger partial charge < -0.3 is 19.0 Å². The maximum atomic E-state index is 6.09. The molecule has 2 aromatic carbocycles. The zero-order valence-electron chi connectivity index (χ0n) is 16.4. The van der Waals surface area contributed by atoms with E-state index in [9.17, 15) is 0 Å². The van der Waals surface area contributed by atoms with Crippen LogP contribution in [0.25, 0.3) is 22.1 Å². The van der Waals surface area contributed by atoms with Crippen molar-refractivity contribution in [1.82, 2.24) is 9.80 Å². The van der Waals surface area contributed by atoms with Crippen molar-refractivity contribution in [3.63, 3.8) is 0 Å². The fraction of sp³-hybridized carbons (Fsp3) is 0.364. The minimum Gasteiger partial charge on any atom is -0.496 e. The van der Waals surface area contributed by atoms with Crippen LogP contribution >= 0.6 is 0 Å². The van der Waals surface area contributed by atoms with Gasteiger partial charge in [-0.1, -0.05) is 30.3 Å². The van der Waals surface area contributed by atoms with Crippen molar-refractivity contribution in [2.45, 2.75) is 13.5 Å². The average Bonchev–Trinajstić information content (AvgIpc) is 2.94. The molecular weight excluding hydrogens is 324 g/mol. The SMILES string of the molecule is COc1cc2c(-c3ccccc3)c(C)oc2cc1CN(C)CCN(C)C. The number of likely N-dealkylation sites (N-methyl/N-ethyl adjacent to an activating group) is 2. The Morgan fingerprint density at radius 1 is 1.00 bits per heavy atom. The monoisotopic (exact) mass is 352 g/mol. The number of nitrogens with zero attached hydrogens (tertiary/aromatic N) is 2. The Morgan fingerprint density at radius 2 is 1.73 bits per heavy atom. The quantitative estimate of drug-likeness (QED) is 0.630. The van der Waals surface area contributed by atoms with E-state index in [2.05, 4.69) is 67.3 Å². The molecular formula is C22H28N2O2. The molecule has 0 radical (unpaired) electrons. The lowest BCUT2D eigenvalue weighted by Crippen LogP contribution is -2.28. The Morgan fingerprint density at radius 3 is 2.38 bits per heavy atom. The van der Waals surface area contributed by atoms with Gasteiger partial charge >= 0.3 is 0 Å². The number of ether oxygens (including phenoxy) is 1. The fourth-order valence-electron chi connectivity index (χ4n) is 3.31. The second kappa shape index (κ2) is 7.94. The first kappa shape index (κ1) is 18.5. The van der Waals surface area contributed by atoms with E-state index in [0.717, 1.165) is 53.2 Å². The van der Waals surface area contributed by atoms with Gasteiger partial charge in [0.25, 0.3) is 0 Å². The van der Waals surface area contributed by atoms with Crippen molar-refractivity contribution in [2.75, 3.05) is 41.3 Å². The topological polar surface area (TPSA) is 28.9 Å². The molecule has 0 aliphatic heterocycles. The molecule has 0 aliphatic carbocycles. The molecule has 0 saturated carbocycles. The zero-order chi connectivity index (χ0) is 18.7. The molecule has 4 heteroatoms. The van der Waals surface area contributed by atoms with Crippen LogP contribution in [0.3, 0.4) is 0 Å². The van der Waals surface area contributed by atoms with E-state index < -0.39 is 0 Å². The number of hydrogen-bond donors (Lipinski definition) is 0. The highest BCUT2D eigenvalue weighted by molar-refractivity contribution is 5.97. The van der Waals surface area contributed by atoms with E-state index in [0.29, 0.717) is 0 Å². The van der Waals surface area contributed by atoms with E-state index in [1.54, 1.807) is 7.11 Å². The van der Waals surface area contributed by atoms with Crippen molar-refractivity contribution in [2.24, 2.45) is 0 Å². The summed E-state index contributed by atoms with van der Waals surface area (Å²) in [5.41, 5.74) is 4.38. The van der Waals surface area contributed by atoms with Crippen molar-refractivity contribution in [3.8, 4) is 16.9 Å². The summed E-state index contributed by atoms with van der Waals surface area (Å²) in [6.07, 6.45) is 0. The van der Waals surface area contributed by atoms with Crippen LogP contribution in [0.15, 0.2) is 46.9 Å². The number of fused-ring (bicyclic) bond motifs is 1. The first-order valence-electron chi connectivity index (χ1n) is 8.98. The summed E-state index contributed by atoms with van der Waals surface area (Å²) in [4.78, 5) is 4.50. The highest BCUT2D eigenvalue weighted by Crippen LogP contribution is 2.38. The van der Waals surface area contributed by atoms with Gasteiger partial charge in [0.05, 0.1) is 7.11 Å². The molecule has 0 spiro atoms. The van der Waals surface area contributed by atoms with Crippen molar-refractivity contribution < 1.29 is 9.15 Å². The zero-order valence-corrected chi connectivity index (χ0v) is 16.4. The van der Waals surface area contributed by atoms with Crippen LogP contribution < -0.4 is 4.74 Å².